The van der Waals surface area contributed by atoms with E-state index in [4.69, 9.17) is 0 Å². The van der Waals surface area contributed by atoms with Crippen LogP contribution in [0.25, 0.3) is 0 Å². The molecule has 0 heterocycles. The molecule has 0 aliphatic rings. The molecule has 0 aromatic rings. The van der Waals surface area contributed by atoms with Gasteiger partial charge in [-0.2, -0.15) is 0 Å². The lowest BCUT2D eigenvalue weighted by Gasteiger charge is -2.30. The van der Waals surface area contributed by atoms with Gasteiger partial charge in [0, 0.05) is 5.75 Å². The Morgan fingerprint density at radius 2 is 1.50 bits per heavy atom. The van der Waals surface area contributed by atoms with E-state index in [1.165, 1.54) is 30.6 Å². The summed E-state index contributed by atoms with van der Waals surface area (Å²) in [7, 11) is 0. The van der Waals surface area contributed by atoms with Crippen molar-refractivity contribution in [1.82, 2.24) is 0 Å². The molecular formula is C23H46O2S. The molecule has 3 heteroatoms. The van der Waals surface area contributed by atoms with E-state index in [-0.39, 0.29) is 11.8 Å². The zero-order valence-electron chi connectivity index (χ0n) is 18.7. The first-order valence-corrected chi connectivity index (χ1v) is 11.7. The third-order valence-corrected chi connectivity index (χ3v) is 7.58. The molecule has 0 aliphatic carbocycles. The lowest BCUT2D eigenvalue weighted by Crippen LogP contribution is -2.32. The maximum absolute atomic E-state index is 10.1. The molecule has 0 saturated carbocycles. The lowest BCUT2D eigenvalue weighted by molar-refractivity contribution is 0.0420. The van der Waals surface area contributed by atoms with Crippen LogP contribution in [-0.4, -0.2) is 28.2 Å². The quantitative estimate of drug-likeness (QED) is 0.364. The topological polar surface area (TPSA) is 40.5 Å². The van der Waals surface area contributed by atoms with Gasteiger partial charge >= 0.3 is 0 Å². The standard InChI is InChI=1S/C23H46O2S/c1-10-22(13-15(2)3)12-11-16(4)17(5)21(9)26-14-23(20(8)25)18(6)19(7)24/h15-20,22-25H,9-14H2,1-8H3. The molecule has 0 radical (unpaired) electrons. The molecular weight excluding hydrogens is 340 g/mol. The third-order valence-electron chi connectivity index (χ3n) is 6.29. The van der Waals surface area contributed by atoms with Gasteiger partial charge in [0.05, 0.1) is 12.2 Å². The Kier molecular flexibility index (Phi) is 13.2. The van der Waals surface area contributed by atoms with Crippen LogP contribution in [0.5, 0.6) is 0 Å². The Hall–Kier alpha value is 0.01000. The smallest absolute Gasteiger partial charge is 0.0551 e. The number of aliphatic hydroxyl groups is 2. The first-order chi connectivity index (χ1) is 12.0. The van der Waals surface area contributed by atoms with Gasteiger partial charge in [0.15, 0.2) is 0 Å². The van der Waals surface area contributed by atoms with Gasteiger partial charge in [-0.25, -0.2) is 0 Å². The number of thioether (sulfide) groups is 1. The molecule has 0 rings (SSSR count). The van der Waals surface area contributed by atoms with Crippen molar-refractivity contribution in [1.29, 1.82) is 0 Å². The summed E-state index contributed by atoms with van der Waals surface area (Å²) in [5.74, 6) is 3.75. The minimum atomic E-state index is -0.408. The average Bonchev–Trinajstić information content (AvgIpc) is 2.56. The molecule has 0 amide bonds. The summed E-state index contributed by atoms with van der Waals surface area (Å²) >= 11 is 1.78. The molecule has 0 saturated heterocycles. The van der Waals surface area contributed by atoms with Crippen LogP contribution in [-0.2, 0) is 0 Å². The van der Waals surface area contributed by atoms with Gasteiger partial charge in [-0.3, -0.25) is 0 Å². The largest absolute Gasteiger partial charge is 0.393 e. The van der Waals surface area contributed by atoms with E-state index in [1.807, 2.05) is 20.8 Å². The van der Waals surface area contributed by atoms with Crippen molar-refractivity contribution in [3.05, 3.63) is 11.5 Å². The van der Waals surface area contributed by atoms with Crippen LogP contribution in [0.4, 0.5) is 0 Å². The maximum Gasteiger partial charge on any atom is 0.0551 e. The highest BCUT2D eigenvalue weighted by molar-refractivity contribution is 8.03. The minimum Gasteiger partial charge on any atom is -0.393 e. The fourth-order valence-electron chi connectivity index (χ4n) is 3.64. The summed E-state index contributed by atoms with van der Waals surface area (Å²) in [6.45, 7) is 21.6. The van der Waals surface area contributed by atoms with Crippen LogP contribution in [0, 0.1) is 35.5 Å². The number of hydrogen-bond acceptors (Lipinski definition) is 3. The van der Waals surface area contributed by atoms with Crippen molar-refractivity contribution < 1.29 is 10.2 Å². The number of aliphatic hydroxyl groups excluding tert-OH is 2. The lowest BCUT2D eigenvalue weighted by atomic mass is 9.84. The van der Waals surface area contributed by atoms with E-state index in [9.17, 15) is 10.2 Å². The van der Waals surface area contributed by atoms with Crippen molar-refractivity contribution in [2.24, 2.45) is 35.5 Å². The molecule has 7 atom stereocenters. The van der Waals surface area contributed by atoms with Crippen LogP contribution >= 0.6 is 11.8 Å². The zero-order chi connectivity index (χ0) is 20.4. The summed E-state index contributed by atoms with van der Waals surface area (Å²) in [4.78, 5) is 1.22. The molecule has 2 nitrogen and oxygen atoms in total. The second-order valence-corrected chi connectivity index (χ2v) is 10.2. The summed E-state index contributed by atoms with van der Waals surface area (Å²) in [5, 5.41) is 20.0. The molecule has 0 bridgehead atoms. The SMILES string of the molecule is C=C(SCC(C(C)O)C(C)C(C)O)C(C)C(C)CCC(CC)CC(C)C. The van der Waals surface area contributed by atoms with Crippen LogP contribution in [0.1, 0.15) is 81.1 Å². The van der Waals surface area contributed by atoms with Gasteiger partial charge in [0.25, 0.3) is 0 Å². The highest BCUT2D eigenvalue weighted by Gasteiger charge is 2.27. The molecule has 0 aromatic carbocycles. The van der Waals surface area contributed by atoms with Crippen molar-refractivity contribution in [2.45, 2.75) is 93.3 Å². The molecule has 156 valence electrons. The molecule has 2 N–H and O–H groups in total. The Labute approximate surface area is 168 Å². The highest BCUT2D eigenvalue weighted by atomic mass is 32.2. The monoisotopic (exact) mass is 386 g/mol. The van der Waals surface area contributed by atoms with E-state index in [1.54, 1.807) is 11.8 Å². The Balaban J connectivity index is 4.51. The molecule has 0 spiro atoms. The van der Waals surface area contributed by atoms with Crippen molar-refractivity contribution in [3.63, 3.8) is 0 Å². The summed E-state index contributed by atoms with van der Waals surface area (Å²) < 4.78 is 0. The predicted octanol–water partition coefficient (Wildman–Crippen LogP) is 6.37. The van der Waals surface area contributed by atoms with Crippen LogP contribution in [0.2, 0.25) is 0 Å². The molecule has 7 unspecified atom stereocenters. The molecule has 0 fully saturated rings. The van der Waals surface area contributed by atoms with Gasteiger partial charge in [0.2, 0.25) is 0 Å². The predicted molar refractivity (Wildman–Crippen MR) is 118 cm³/mol. The third kappa shape index (κ3) is 9.80. The summed E-state index contributed by atoms with van der Waals surface area (Å²) in [6.07, 6.45) is 4.38. The normalized spacial score (nSPS) is 20.3. The Morgan fingerprint density at radius 1 is 0.923 bits per heavy atom. The number of rotatable bonds is 14. The van der Waals surface area contributed by atoms with Crippen LogP contribution < -0.4 is 0 Å². The molecule has 0 aromatic heterocycles. The van der Waals surface area contributed by atoms with Gasteiger partial charge in [-0.15, -0.1) is 11.8 Å². The summed E-state index contributed by atoms with van der Waals surface area (Å²) in [5.41, 5.74) is 0. The Bertz CT molecular complexity index is 378. The first-order valence-electron chi connectivity index (χ1n) is 10.7. The maximum atomic E-state index is 10.1. The molecule has 0 aliphatic heterocycles. The Morgan fingerprint density at radius 3 is 1.92 bits per heavy atom. The number of allylic oxidation sites excluding steroid dienone is 1. The van der Waals surface area contributed by atoms with E-state index in [2.05, 4.69) is 41.2 Å². The second-order valence-electron chi connectivity index (χ2n) is 9.03. The fraction of sp³-hybridized carbons (Fsp3) is 0.913. The van der Waals surface area contributed by atoms with Crippen molar-refractivity contribution >= 4 is 11.8 Å². The zero-order valence-corrected chi connectivity index (χ0v) is 19.5. The summed E-state index contributed by atoms with van der Waals surface area (Å²) in [6, 6.07) is 0. The average molecular weight is 387 g/mol. The highest BCUT2D eigenvalue weighted by Crippen LogP contribution is 2.35. The van der Waals surface area contributed by atoms with Crippen LogP contribution in [0.3, 0.4) is 0 Å². The fourth-order valence-corrected chi connectivity index (χ4v) is 5.13. The van der Waals surface area contributed by atoms with E-state index >= 15 is 0 Å². The van der Waals surface area contributed by atoms with Gasteiger partial charge in [-0.1, -0.05) is 61.0 Å². The van der Waals surface area contributed by atoms with Gasteiger partial charge in [-0.05, 0) is 67.1 Å². The minimum absolute atomic E-state index is 0.0874. The molecule has 26 heavy (non-hydrogen) atoms. The van der Waals surface area contributed by atoms with Crippen molar-refractivity contribution in [2.75, 3.05) is 5.75 Å². The van der Waals surface area contributed by atoms with Gasteiger partial charge in [0.1, 0.15) is 0 Å². The first kappa shape index (κ1) is 26.0. The van der Waals surface area contributed by atoms with E-state index < -0.39 is 12.2 Å². The number of hydrogen-bond donors (Lipinski definition) is 2. The second kappa shape index (κ2) is 13.2. The van der Waals surface area contributed by atoms with Crippen molar-refractivity contribution in [3.8, 4) is 0 Å². The van der Waals surface area contributed by atoms with E-state index in [0.29, 0.717) is 11.8 Å². The van der Waals surface area contributed by atoms with Crippen LogP contribution in [0.15, 0.2) is 11.5 Å². The van der Waals surface area contributed by atoms with Gasteiger partial charge < -0.3 is 10.2 Å². The van der Waals surface area contributed by atoms with E-state index in [0.717, 1.165) is 17.6 Å².